The monoisotopic (exact) mass is 275 g/mol. The summed E-state index contributed by atoms with van der Waals surface area (Å²) >= 11 is 0. The number of nitrogens with zero attached hydrogens (tertiary/aromatic N) is 2. The zero-order valence-corrected chi connectivity index (χ0v) is 12.3. The summed E-state index contributed by atoms with van der Waals surface area (Å²) < 4.78 is 11.2. The number of hydrogen-bond acceptors (Lipinski definition) is 4. The van der Waals surface area contributed by atoms with Crippen molar-refractivity contribution in [3.8, 4) is 11.5 Å². The average molecular weight is 275 g/mol. The van der Waals surface area contributed by atoms with Gasteiger partial charge < -0.3 is 14.5 Å². The van der Waals surface area contributed by atoms with E-state index in [1.54, 1.807) is 0 Å². The highest BCUT2D eigenvalue weighted by molar-refractivity contribution is 5.80. The van der Waals surface area contributed by atoms with Crippen LogP contribution >= 0.6 is 0 Å². The highest BCUT2D eigenvalue weighted by Gasteiger charge is 2.19. The Morgan fingerprint density at radius 3 is 2.50 bits per heavy atom. The lowest BCUT2D eigenvalue weighted by molar-refractivity contribution is 0.172. The smallest absolute Gasteiger partial charge is 0.163 e. The van der Waals surface area contributed by atoms with Gasteiger partial charge in [-0.05, 0) is 20.0 Å². The van der Waals surface area contributed by atoms with Crippen LogP contribution in [0.5, 0.6) is 11.5 Å². The number of rotatable bonds is 4. The summed E-state index contributed by atoms with van der Waals surface area (Å²) in [5.74, 6) is 2.58. The van der Waals surface area contributed by atoms with Gasteiger partial charge in [0.2, 0.25) is 0 Å². The first-order valence-corrected chi connectivity index (χ1v) is 7.26. The highest BCUT2D eigenvalue weighted by atomic mass is 16.6. The van der Waals surface area contributed by atoms with Crippen molar-refractivity contribution in [2.75, 3.05) is 26.3 Å². The number of hydrogen-bond donors (Lipinski definition) is 1. The molecule has 0 fully saturated rings. The van der Waals surface area contributed by atoms with Gasteiger partial charge in [-0.15, -0.1) is 0 Å². The van der Waals surface area contributed by atoms with Gasteiger partial charge in [-0.2, -0.15) is 0 Å². The molecule has 5 nitrogen and oxygen atoms in total. The van der Waals surface area contributed by atoms with Gasteiger partial charge in [0.1, 0.15) is 19.0 Å². The van der Waals surface area contributed by atoms with Crippen molar-refractivity contribution in [3.05, 3.63) is 18.0 Å². The van der Waals surface area contributed by atoms with E-state index in [4.69, 9.17) is 14.5 Å². The maximum absolute atomic E-state index is 5.61. The molecule has 0 aliphatic carbocycles. The normalized spacial score (nSPS) is 15.8. The molecule has 0 saturated heterocycles. The summed E-state index contributed by atoms with van der Waals surface area (Å²) in [4.78, 5) is 10.5. The maximum Gasteiger partial charge on any atom is 0.163 e. The molecule has 1 atom stereocenters. The zero-order chi connectivity index (χ0) is 14.1. The van der Waals surface area contributed by atoms with E-state index < -0.39 is 0 Å². The molecule has 0 radical (unpaired) electrons. The van der Waals surface area contributed by atoms with Gasteiger partial charge >= 0.3 is 0 Å². The Hall–Kier alpha value is -1.75. The molecule has 1 aromatic heterocycles. The molecule has 1 aromatic carbocycles. The topological polar surface area (TPSA) is 50.4 Å². The van der Waals surface area contributed by atoms with E-state index in [0.29, 0.717) is 13.2 Å². The summed E-state index contributed by atoms with van der Waals surface area (Å²) in [7, 11) is 0. The molecule has 1 N–H and O–H groups in total. The van der Waals surface area contributed by atoms with Crippen molar-refractivity contribution >= 4 is 11.0 Å². The van der Waals surface area contributed by atoms with Crippen LogP contribution in [0, 0.1) is 0 Å². The quantitative estimate of drug-likeness (QED) is 0.932. The summed E-state index contributed by atoms with van der Waals surface area (Å²) in [5.41, 5.74) is 1.94. The molecule has 2 heterocycles. The Labute approximate surface area is 118 Å². The van der Waals surface area contributed by atoms with Crippen LogP contribution in [0.15, 0.2) is 12.1 Å². The van der Waals surface area contributed by atoms with Gasteiger partial charge in [-0.3, -0.25) is 4.90 Å². The van der Waals surface area contributed by atoms with E-state index in [2.05, 4.69) is 30.7 Å². The van der Waals surface area contributed by atoms with Crippen molar-refractivity contribution in [2.24, 2.45) is 0 Å². The van der Waals surface area contributed by atoms with Crippen LogP contribution < -0.4 is 9.47 Å². The fraction of sp³-hybridized carbons (Fsp3) is 0.533. The predicted octanol–water partition coefficient (Wildman–Crippen LogP) is 2.74. The summed E-state index contributed by atoms with van der Waals surface area (Å²) in [5, 5.41) is 0. The van der Waals surface area contributed by atoms with Crippen molar-refractivity contribution < 1.29 is 9.47 Å². The van der Waals surface area contributed by atoms with E-state index in [0.717, 1.165) is 41.4 Å². The second kappa shape index (κ2) is 5.32. The number of H-pyrrole nitrogens is 1. The first-order valence-electron chi connectivity index (χ1n) is 7.26. The highest BCUT2D eigenvalue weighted by Crippen LogP contribution is 2.34. The molecular weight excluding hydrogens is 254 g/mol. The van der Waals surface area contributed by atoms with Crippen LogP contribution in [0.25, 0.3) is 11.0 Å². The molecule has 0 spiro atoms. The molecule has 2 aromatic rings. The standard InChI is InChI=1S/C15H21N3O2/c1-4-18(5-2)10(3)15-16-11-8-13-14(9-12(11)17-15)20-7-6-19-13/h8-10H,4-7H2,1-3H3,(H,16,17). The summed E-state index contributed by atoms with van der Waals surface area (Å²) in [6.07, 6.45) is 0. The second-order valence-electron chi connectivity index (χ2n) is 5.03. The van der Waals surface area contributed by atoms with Crippen LogP contribution in [-0.4, -0.2) is 41.2 Å². The fourth-order valence-electron chi connectivity index (χ4n) is 2.71. The molecule has 0 bridgehead atoms. The molecule has 0 amide bonds. The number of nitrogens with one attached hydrogen (secondary N) is 1. The molecule has 1 unspecified atom stereocenters. The zero-order valence-electron chi connectivity index (χ0n) is 12.3. The Balaban J connectivity index is 1.98. The molecule has 3 rings (SSSR count). The molecule has 1 aliphatic rings. The number of aromatic nitrogens is 2. The largest absolute Gasteiger partial charge is 0.486 e. The van der Waals surface area contributed by atoms with Crippen molar-refractivity contribution in [1.29, 1.82) is 0 Å². The number of ether oxygens (including phenoxy) is 2. The molecule has 20 heavy (non-hydrogen) atoms. The molecule has 5 heteroatoms. The van der Waals surface area contributed by atoms with Gasteiger partial charge in [-0.25, -0.2) is 4.98 Å². The predicted molar refractivity (Wildman–Crippen MR) is 78.4 cm³/mol. The van der Waals surface area contributed by atoms with Crippen LogP contribution in [0.2, 0.25) is 0 Å². The fourth-order valence-corrected chi connectivity index (χ4v) is 2.71. The first kappa shape index (κ1) is 13.2. The van der Waals surface area contributed by atoms with Crippen LogP contribution in [0.4, 0.5) is 0 Å². The molecular formula is C15H21N3O2. The third-order valence-corrected chi connectivity index (χ3v) is 3.92. The lowest BCUT2D eigenvalue weighted by atomic mass is 10.2. The van der Waals surface area contributed by atoms with Gasteiger partial charge in [0.05, 0.1) is 17.1 Å². The van der Waals surface area contributed by atoms with Gasteiger partial charge in [0.25, 0.3) is 0 Å². The van der Waals surface area contributed by atoms with Gasteiger partial charge in [-0.1, -0.05) is 13.8 Å². The third-order valence-electron chi connectivity index (χ3n) is 3.92. The molecule has 1 aliphatic heterocycles. The lowest BCUT2D eigenvalue weighted by Crippen LogP contribution is -2.27. The molecule has 0 saturated carbocycles. The van der Waals surface area contributed by atoms with Gasteiger partial charge in [0.15, 0.2) is 11.5 Å². The molecule has 108 valence electrons. The number of fused-ring (bicyclic) bond motifs is 2. The van der Waals surface area contributed by atoms with E-state index in [1.165, 1.54) is 0 Å². The summed E-state index contributed by atoms with van der Waals surface area (Å²) in [6.45, 7) is 9.75. The van der Waals surface area contributed by atoms with E-state index >= 15 is 0 Å². The van der Waals surface area contributed by atoms with E-state index in [1.807, 2.05) is 12.1 Å². The van der Waals surface area contributed by atoms with Crippen LogP contribution in [0.1, 0.15) is 32.6 Å². The third kappa shape index (κ3) is 2.22. The van der Waals surface area contributed by atoms with Gasteiger partial charge in [0, 0.05) is 12.1 Å². The Morgan fingerprint density at radius 1 is 1.20 bits per heavy atom. The lowest BCUT2D eigenvalue weighted by Gasteiger charge is -2.24. The van der Waals surface area contributed by atoms with Crippen LogP contribution in [-0.2, 0) is 0 Å². The Bertz CT molecular complexity index is 561. The van der Waals surface area contributed by atoms with Crippen molar-refractivity contribution in [3.63, 3.8) is 0 Å². The average Bonchev–Trinajstić information content (AvgIpc) is 2.88. The van der Waals surface area contributed by atoms with Crippen molar-refractivity contribution in [1.82, 2.24) is 14.9 Å². The number of benzene rings is 1. The number of imidazole rings is 1. The van der Waals surface area contributed by atoms with E-state index in [-0.39, 0.29) is 6.04 Å². The van der Waals surface area contributed by atoms with Crippen LogP contribution in [0.3, 0.4) is 0 Å². The van der Waals surface area contributed by atoms with E-state index in [9.17, 15) is 0 Å². The summed E-state index contributed by atoms with van der Waals surface area (Å²) in [6, 6.07) is 4.21. The second-order valence-corrected chi connectivity index (χ2v) is 5.03. The minimum absolute atomic E-state index is 0.274. The Kier molecular flexibility index (Phi) is 3.53. The SMILES string of the molecule is CCN(CC)C(C)c1nc2cc3c(cc2[nH]1)OCCO3. The maximum atomic E-state index is 5.61. The minimum Gasteiger partial charge on any atom is -0.486 e. The van der Waals surface area contributed by atoms with Crippen molar-refractivity contribution in [2.45, 2.75) is 26.8 Å². The minimum atomic E-state index is 0.274. The first-order chi connectivity index (χ1) is 9.72. The number of aromatic amines is 1. The Morgan fingerprint density at radius 2 is 1.85 bits per heavy atom.